The number of likely N-dealkylation sites (tertiary alicyclic amines) is 1. The van der Waals surface area contributed by atoms with E-state index in [0.29, 0.717) is 5.25 Å². The number of carbonyl (C=O) groups excluding carboxylic acids is 1. The first-order valence-electron chi connectivity index (χ1n) is 7.26. The van der Waals surface area contributed by atoms with Crippen LogP contribution in [0.4, 0.5) is 0 Å². The maximum atomic E-state index is 12.4. The third kappa shape index (κ3) is 5.92. The summed E-state index contributed by atoms with van der Waals surface area (Å²) in [7, 11) is 0. The van der Waals surface area contributed by atoms with Crippen LogP contribution in [0.5, 0.6) is 0 Å². The molecule has 1 heterocycles. The second-order valence-corrected chi connectivity index (χ2v) is 6.85. The van der Waals surface area contributed by atoms with Gasteiger partial charge < -0.3 is 10.6 Å². The number of halogens is 1. The minimum Gasteiger partial charge on any atom is -0.340 e. The van der Waals surface area contributed by atoms with E-state index in [1.165, 1.54) is 12.8 Å². The molecule has 0 spiro atoms. The van der Waals surface area contributed by atoms with Gasteiger partial charge in [0.2, 0.25) is 5.91 Å². The maximum Gasteiger partial charge on any atom is 0.239 e. The summed E-state index contributed by atoms with van der Waals surface area (Å²) in [5.74, 6) is 1.57. The zero-order valence-corrected chi connectivity index (χ0v) is 14.1. The van der Waals surface area contributed by atoms with E-state index in [1.54, 1.807) is 0 Å². The lowest BCUT2D eigenvalue weighted by molar-refractivity contribution is -0.133. The van der Waals surface area contributed by atoms with E-state index in [0.717, 1.165) is 31.7 Å². The van der Waals surface area contributed by atoms with Crippen molar-refractivity contribution in [3.63, 3.8) is 0 Å². The minimum absolute atomic E-state index is 0. The fourth-order valence-corrected chi connectivity index (χ4v) is 3.47. The van der Waals surface area contributed by atoms with Crippen molar-refractivity contribution >= 4 is 30.1 Å². The Kier molecular flexibility index (Phi) is 9.93. The highest BCUT2D eigenvalue weighted by atomic mass is 35.5. The van der Waals surface area contributed by atoms with E-state index < -0.39 is 0 Å². The molecule has 1 amide bonds. The van der Waals surface area contributed by atoms with E-state index in [-0.39, 0.29) is 30.3 Å². The van der Waals surface area contributed by atoms with Crippen molar-refractivity contribution < 1.29 is 4.79 Å². The molecule has 0 aromatic rings. The van der Waals surface area contributed by atoms with Crippen molar-refractivity contribution in [1.82, 2.24) is 4.90 Å². The number of amides is 1. The van der Waals surface area contributed by atoms with Gasteiger partial charge in [-0.2, -0.15) is 11.8 Å². The van der Waals surface area contributed by atoms with Crippen molar-refractivity contribution in [1.29, 1.82) is 0 Å². The number of carbonyl (C=O) groups is 1. The van der Waals surface area contributed by atoms with Gasteiger partial charge in [0, 0.05) is 18.3 Å². The average molecular weight is 309 g/mol. The molecule has 0 radical (unpaired) electrons. The molecule has 1 saturated heterocycles. The van der Waals surface area contributed by atoms with Gasteiger partial charge in [-0.3, -0.25) is 4.79 Å². The predicted octanol–water partition coefficient (Wildman–Crippen LogP) is 2.92. The van der Waals surface area contributed by atoms with Crippen LogP contribution in [0.25, 0.3) is 0 Å². The normalized spacial score (nSPS) is 23.2. The Balaban J connectivity index is 0.00000324. The lowest BCUT2D eigenvalue weighted by atomic mass is 9.99. The van der Waals surface area contributed by atoms with Crippen molar-refractivity contribution in [2.75, 3.05) is 18.8 Å². The molecule has 1 rings (SSSR count). The Morgan fingerprint density at radius 1 is 1.42 bits per heavy atom. The van der Waals surface area contributed by atoms with Crippen LogP contribution in [-0.2, 0) is 4.79 Å². The molecule has 0 aromatic carbocycles. The van der Waals surface area contributed by atoms with Crippen molar-refractivity contribution in [3.05, 3.63) is 0 Å². The average Bonchev–Trinajstić information content (AvgIpc) is 2.62. The van der Waals surface area contributed by atoms with E-state index >= 15 is 0 Å². The first-order chi connectivity index (χ1) is 8.60. The summed E-state index contributed by atoms with van der Waals surface area (Å²) in [6.45, 7) is 8.13. The van der Waals surface area contributed by atoms with Crippen LogP contribution in [0.3, 0.4) is 0 Å². The molecule has 114 valence electrons. The van der Waals surface area contributed by atoms with Gasteiger partial charge in [-0.25, -0.2) is 0 Å². The molecule has 3 nitrogen and oxygen atoms in total. The lowest BCUT2D eigenvalue weighted by Gasteiger charge is -2.28. The minimum atomic E-state index is -0.319. The Morgan fingerprint density at radius 3 is 2.68 bits per heavy atom. The highest BCUT2D eigenvalue weighted by Crippen LogP contribution is 2.23. The van der Waals surface area contributed by atoms with Crippen LogP contribution in [0, 0.1) is 5.92 Å². The molecule has 3 unspecified atom stereocenters. The first-order valence-corrected chi connectivity index (χ1v) is 8.30. The first kappa shape index (κ1) is 19.1. The van der Waals surface area contributed by atoms with Crippen molar-refractivity contribution in [3.8, 4) is 0 Å². The van der Waals surface area contributed by atoms with Gasteiger partial charge >= 0.3 is 0 Å². The molecule has 1 fully saturated rings. The van der Waals surface area contributed by atoms with Gasteiger partial charge in [0.1, 0.15) is 0 Å². The third-order valence-corrected chi connectivity index (χ3v) is 5.07. The standard InChI is InChI=1S/C14H28N2OS.ClH/c1-4-11(3)13(15)14(17)16-9-7-6-8-12(10-16)18-5-2;/h11-13H,4-10,15H2,1-3H3;1H. The highest BCUT2D eigenvalue weighted by Gasteiger charge is 2.28. The summed E-state index contributed by atoms with van der Waals surface area (Å²) < 4.78 is 0. The fraction of sp³-hybridized carbons (Fsp3) is 0.929. The molecule has 3 atom stereocenters. The van der Waals surface area contributed by atoms with Crippen LogP contribution in [0.15, 0.2) is 0 Å². The number of rotatable bonds is 5. The van der Waals surface area contributed by atoms with E-state index in [2.05, 4.69) is 20.8 Å². The zero-order valence-electron chi connectivity index (χ0n) is 12.4. The monoisotopic (exact) mass is 308 g/mol. The molecule has 0 bridgehead atoms. The predicted molar refractivity (Wildman–Crippen MR) is 87.0 cm³/mol. The van der Waals surface area contributed by atoms with Gasteiger partial charge in [-0.1, -0.05) is 33.6 Å². The summed E-state index contributed by atoms with van der Waals surface area (Å²) in [5, 5.41) is 0.602. The molecule has 19 heavy (non-hydrogen) atoms. The van der Waals surface area contributed by atoms with Crippen LogP contribution in [0.1, 0.15) is 46.5 Å². The molecule has 1 aliphatic heterocycles. The molecule has 1 aliphatic rings. The van der Waals surface area contributed by atoms with Crippen molar-refractivity contribution in [2.24, 2.45) is 11.7 Å². The maximum absolute atomic E-state index is 12.4. The summed E-state index contributed by atoms with van der Waals surface area (Å²) in [6.07, 6.45) is 4.56. The SMILES string of the molecule is CCSC1CCCCN(C(=O)C(N)C(C)CC)C1.Cl. The van der Waals surface area contributed by atoms with Gasteiger partial charge in [0.05, 0.1) is 6.04 Å². The molecule has 0 aromatic heterocycles. The number of nitrogens with two attached hydrogens (primary N) is 1. The summed E-state index contributed by atoms with van der Waals surface area (Å²) in [6, 6.07) is -0.319. The van der Waals surface area contributed by atoms with Crippen molar-refractivity contribution in [2.45, 2.75) is 57.7 Å². The summed E-state index contributed by atoms with van der Waals surface area (Å²) >= 11 is 1.98. The molecule has 0 saturated carbocycles. The molecular weight excluding hydrogens is 280 g/mol. The number of hydrogen-bond donors (Lipinski definition) is 1. The fourth-order valence-electron chi connectivity index (χ4n) is 2.38. The van der Waals surface area contributed by atoms with Gasteiger partial charge in [-0.05, 0) is 24.5 Å². The van der Waals surface area contributed by atoms with Crippen LogP contribution < -0.4 is 5.73 Å². The summed E-state index contributed by atoms with van der Waals surface area (Å²) in [5.41, 5.74) is 6.07. The molecule has 5 heteroatoms. The van der Waals surface area contributed by atoms with Crippen LogP contribution in [-0.4, -0.2) is 40.9 Å². The largest absolute Gasteiger partial charge is 0.340 e. The lowest BCUT2D eigenvalue weighted by Crippen LogP contribution is -2.48. The third-order valence-electron chi connectivity index (χ3n) is 3.88. The van der Waals surface area contributed by atoms with E-state index in [9.17, 15) is 4.79 Å². The smallest absolute Gasteiger partial charge is 0.239 e. The van der Waals surface area contributed by atoms with E-state index in [1.807, 2.05) is 16.7 Å². The van der Waals surface area contributed by atoms with Gasteiger partial charge in [0.15, 0.2) is 0 Å². The zero-order chi connectivity index (χ0) is 13.5. The Morgan fingerprint density at radius 2 is 2.11 bits per heavy atom. The molecule has 0 aliphatic carbocycles. The molecular formula is C14H29ClN2OS. The highest BCUT2D eigenvalue weighted by molar-refractivity contribution is 7.99. The Bertz CT molecular complexity index is 266. The van der Waals surface area contributed by atoms with Gasteiger partial charge in [-0.15, -0.1) is 12.4 Å². The van der Waals surface area contributed by atoms with Crippen LogP contribution >= 0.6 is 24.2 Å². The quantitative estimate of drug-likeness (QED) is 0.849. The van der Waals surface area contributed by atoms with Crippen LogP contribution in [0.2, 0.25) is 0 Å². The second-order valence-electron chi connectivity index (χ2n) is 5.27. The van der Waals surface area contributed by atoms with Gasteiger partial charge in [0.25, 0.3) is 0 Å². The van der Waals surface area contributed by atoms with E-state index in [4.69, 9.17) is 5.73 Å². The second kappa shape index (κ2) is 9.89. The number of thioether (sulfide) groups is 1. The molecule has 2 N–H and O–H groups in total. The Hall–Kier alpha value is 0.0700. The Labute approximate surface area is 128 Å². The summed E-state index contributed by atoms with van der Waals surface area (Å²) in [4.78, 5) is 14.4. The number of nitrogens with zero attached hydrogens (tertiary/aromatic N) is 1. The topological polar surface area (TPSA) is 46.3 Å². The number of hydrogen-bond acceptors (Lipinski definition) is 3.